The second kappa shape index (κ2) is 4.82. The molecule has 4 N–H and O–H groups in total. The van der Waals surface area contributed by atoms with Crippen LogP contribution in [0.15, 0.2) is 36.7 Å². The summed E-state index contributed by atoms with van der Waals surface area (Å²) in [7, 11) is 0. The summed E-state index contributed by atoms with van der Waals surface area (Å²) in [6, 6.07) is 6.82. The molecule has 0 bridgehead atoms. The number of H-pyrrole nitrogens is 1. The van der Waals surface area contributed by atoms with Crippen LogP contribution in [-0.2, 0) is 0 Å². The molecule has 0 unspecified atom stereocenters. The van der Waals surface area contributed by atoms with Gasteiger partial charge in [0.05, 0.1) is 5.56 Å². The number of hydrogen-bond donors (Lipinski definition) is 3. The third kappa shape index (κ3) is 2.28. The molecule has 3 rings (SSSR count). The number of anilines is 2. The summed E-state index contributed by atoms with van der Waals surface area (Å²) in [5.41, 5.74) is 7.61. The highest BCUT2D eigenvalue weighted by Gasteiger charge is 2.13. The minimum atomic E-state index is -0.316. The van der Waals surface area contributed by atoms with Crippen molar-refractivity contribution in [2.45, 2.75) is 0 Å². The first-order valence-corrected chi connectivity index (χ1v) is 6.18. The molecule has 1 aromatic carbocycles. The Morgan fingerprint density at radius 1 is 1.35 bits per heavy atom. The molecule has 0 radical (unpaired) electrons. The minimum absolute atomic E-state index is 0.160. The Balaban J connectivity index is 1.93. The Kier molecular flexibility index (Phi) is 3.00. The highest BCUT2D eigenvalue weighted by atomic mass is 35.5. The summed E-state index contributed by atoms with van der Waals surface area (Å²) in [6.07, 6.45) is 3.09. The molecule has 1 amide bonds. The summed E-state index contributed by atoms with van der Waals surface area (Å²) >= 11 is 5.74. The fourth-order valence-electron chi connectivity index (χ4n) is 1.90. The van der Waals surface area contributed by atoms with E-state index in [0.717, 1.165) is 10.9 Å². The lowest BCUT2D eigenvalue weighted by atomic mass is 10.1. The van der Waals surface area contributed by atoms with E-state index in [2.05, 4.69) is 20.3 Å². The zero-order valence-corrected chi connectivity index (χ0v) is 11.0. The first-order chi connectivity index (χ1) is 9.63. The predicted molar refractivity (Wildman–Crippen MR) is 77.7 cm³/mol. The molecule has 0 saturated carbocycles. The van der Waals surface area contributed by atoms with Gasteiger partial charge >= 0.3 is 0 Å². The van der Waals surface area contributed by atoms with E-state index in [4.69, 9.17) is 17.3 Å². The molecular weight excluding hydrogens is 278 g/mol. The van der Waals surface area contributed by atoms with Crippen LogP contribution in [0.25, 0.3) is 10.9 Å². The number of fused-ring (bicyclic) bond motifs is 1. The Bertz CT molecular complexity index is 798. The lowest BCUT2D eigenvalue weighted by Crippen LogP contribution is -2.13. The number of rotatable bonds is 2. The fraction of sp³-hybridized carbons (Fsp3) is 0. The van der Waals surface area contributed by atoms with Gasteiger partial charge in [-0.25, -0.2) is 9.97 Å². The summed E-state index contributed by atoms with van der Waals surface area (Å²) in [4.78, 5) is 23.0. The highest BCUT2D eigenvalue weighted by Crippen LogP contribution is 2.21. The van der Waals surface area contributed by atoms with Crippen LogP contribution in [-0.4, -0.2) is 20.9 Å². The van der Waals surface area contributed by atoms with Crippen molar-refractivity contribution in [3.05, 3.63) is 47.4 Å². The average Bonchev–Trinajstić information content (AvgIpc) is 2.81. The summed E-state index contributed by atoms with van der Waals surface area (Å²) in [5.74, 6) is -0.157. The van der Waals surface area contributed by atoms with Crippen LogP contribution in [0.4, 0.5) is 11.6 Å². The van der Waals surface area contributed by atoms with Crippen molar-refractivity contribution in [2.24, 2.45) is 0 Å². The molecule has 0 spiro atoms. The van der Waals surface area contributed by atoms with E-state index in [-0.39, 0.29) is 17.0 Å². The average molecular weight is 288 g/mol. The smallest absolute Gasteiger partial charge is 0.260 e. The van der Waals surface area contributed by atoms with Crippen LogP contribution in [0.3, 0.4) is 0 Å². The van der Waals surface area contributed by atoms with Gasteiger partial charge in [0.2, 0.25) is 5.95 Å². The van der Waals surface area contributed by atoms with Gasteiger partial charge in [0, 0.05) is 29.0 Å². The maximum atomic E-state index is 12.2. The first kappa shape index (κ1) is 12.4. The van der Waals surface area contributed by atoms with Gasteiger partial charge in [-0.15, -0.1) is 0 Å². The van der Waals surface area contributed by atoms with Gasteiger partial charge in [-0.3, -0.25) is 10.1 Å². The fourth-order valence-corrected chi connectivity index (χ4v) is 2.03. The van der Waals surface area contributed by atoms with Crippen LogP contribution in [0.2, 0.25) is 5.15 Å². The highest BCUT2D eigenvalue weighted by molar-refractivity contribution is 6.29. The van der Waals surface area contributed by atoms with E-state index in [0.29, 0.717) is 11.3 Å². The second-order valence-corrected chi connectivity index (χ2v) is 4.55. The van der Waals surface area contributed by atoms with E-state index in [1.165, 1.54) is 12.3 Å². The Labute approximate surface area is 119 Å². The zero-order valence-electron chi connectivity index (χ0n) is 10.2. The number of halogens is 1. The predicted octanol–water partition coefficient (Wildman–Crippen LogP) is 2.45. The Hall–Kier alpha value is -2.60. The molecule has 7 heteroatoms. The SMILES string of the molecule is Nc1ccc2c(C(=O)Nc3nccc(Cl)n3)c[nH]c2c1. The number of nitrogen functional groups attached to an aromatic ring is 1. The monoisotopic (exact) mass is 287 g/mol. The summed E-state index contributed by atoms with van der Waals surface area (Å²) < 4.78 is 0. The number of nitrogens with one attached hydrogen (secondary N) is 2. The van der Waals surface area contributed by atoms with Gasteiger partial charge < -0.3 is 10.7 Å². The van der Waals surface area contributed by atoms with E-state index < -0.39 is 0 Å². The van der Waals surface area contributed by atoms with Crippen molar-refractivity contribution in [3.8, 4) is 0 Å². The van der Waals surface area contributed by atoms with Gasteiger partial charge in [-0.2, -0.15) is 0 Å². The van der Waals surface area contributed by atoms with Gasteiger partial charge in [0.15, 0.2) is 0 Å². The molecule has 6 nitrogen and oxygen atoms in total. The third-order valence-electron chi connectivity index (χ3n) is 2.80. The quantitative estimate of drug-likeness (QED) is 0.498. The van der Waals surface area contributed by atoms with E-state index in [9.17, 15) is 4.79 Å². The Morgan fingerprint density at radius 2 is 2.20 bits per heavy atom. The minimum Gasteiger partial charge on any atom is -0.399 e. The molecule has 0 atom stereocenters. The molecule has 0 aliphatic carbocycles. The number of hydrogen-bond acceptors (Lipinski definition) is 4. The number of amides is 1. The number of nitrogens with zero attached hydrogens (tertiary/aromatic N) is 2. The van der Waals surface area contributed by atoms with Gasteiger partial charge in [-0.1, -0.05) is 11.6 Å². The number of aromatic nitrogens is 3. The topological polar surface area (TPSA) is 96.7 Å². The molecule has 0 saturated heterocycles. The van der Waals surface area contributed by atoms with E-state index >= 15 is 0 Å². The largest absolute Gasteiger partial charge is 0.399 e. The third-order valence-corrected chi connectivity index (χ3v) is 3.01. The molecular formula is C13H10ClN5O. The van der Waals surface area contributed by atoms with Crippen LogP contribution >= 0.6 is 11.6 Å². The van der Waals surface area contributed by atoms with Crippen LogP contribution < -0.4 is 11.1 Å². The molecule has 0 aliphatic rings. The maximum Gasteiger partial charge on any atom is 0.260 e. The van der Waals surface area contributed by atoms with Crippen molar-refractivity contribution in [3.63, 3.8) is 0 Å². The zero-order chi connectivity index (χ0) is 14.1. The van der Waals surface area contributed by atoms with Gasteiger partial charge in [-0.05, 0) is 24.3 Å². The van der Waals surface area contributed by atoms with Gasteiger partial charge in [0.1, 0.15) is 5.15 Å². The van der Waals surface area contributed by atoms with Crippen LogP contribution in [0.1, 0.15) is 10.4 Å². The molecule has 2 aromatic heterocycles. The van der Waals surface area contributed by atoms with Crippen molar-refractivity contribution in [2.75, 3.05) is 11.1 Å². The summed E-state index contributed by atoms with van der Waals surface area (Å²) in [6.45, 7) is 0. The lowest BCUT2D eigenvalue weighted by Gasteiger charge is -2.02. The molecule has 20 heavy (non-hydrogen) atoms. The molecule has 0 aliphatic heterocycles. The maximum absolute atomic E-state index is 12.2. The molecule has 2 heterocycles. The van der Waals surface area contributed by atoms with Crippen LogP contribution in [0, 0.1) is 0 Å². The number of nitrogens with two attached hydrogens (primary N) is 1. The van der Waals surface area contributed by atoms with Crippen molar-refractivity contribution < 1.29 is 4.79 Å². The summed E-state index contributed by atoms with van der Waals surface area (Å²) in [5, 5.41) is 3.64. The van der Waals surface area contributed by atoms with Gasteiger partial charge in [0.25, 0.3) is 5.91 Å². The molecule has 0 fully saturated rings. The van der Waals surface area contributed by atoms with E-state index in [1.807, 2.05) is 0 Å². The Morgan fingerprint density at radius 3 is 3.00 bits per heavy atom. The molecule has 3 aromatic rings. The number of benzene rings is 1. The molecule has 100 valence electrons. The lowest BCUT2D eigenvalue weighted by molar-refractivity contribution is 0.102. The van der Waals surface area contributed by atoms with Crippen molar-refractivity contribution in [1.29, 1.82) is 0 Å². The second-order valence-electron chi connectivity index (χ2n) is 4.16. The number of aromatic amines is 1. The standard InChI is InChI=1S/C13H10ClN5O/c14-11-3-4-16-13(18-11)19-12(20)9-6-17-10-5-7(15)1-2-8(9)10/h1-6,17H,15H2,(H,16,18,19,20). The van der Waals surface area contributed by atoms with Crippen LogP contribution in [0.5, 0.6) is 0 Å². The number of carbonyl (C=O) groups excluding carboxylic acids is 1. The van der Waals surface area contributed by atoms with E-state index in [1.54, 1.807) is 24.4 Å². The van der Waals surface area contributed by atoms with Crippen molar-refractivity contribution in [1.82, 2.24) is 15.0 Å². The number of carbonyl (C=O) groups is 1. The van der Waals surface area contributed by atoms with Crippen molar-refractivity contribution >= 4 is 40.0 Å². The normalized spacial score (nSPS) is 10.7. The first-order valence-electron chi connectivity index (χ1n) is 5.80.